The van der Waals surface area contributed by atoms with E-state index in [1.165, 1.54) is 6.20 Å². The Hall–Kier alpha value is -1.79. The van der Waals surface area contributed by atoms with E-state index >= 15 is 0 Å². The van der Waals surface area contributed by atoms with E-state index < -0.39 is 27.3 Å². The van der Waals surface area contributed by atoms with Gasteiger partial charge in [-0.2, -0.15) is 13.2 Å². The van der Waals surface area contributed by atoms with Gasteiger partial charge in [-0.15, -0.1) is 0 Å². The van der Waals surface area contributed by atoms with Crippen LogP contribution < -0.4 is 10.2 Å². The second kappa shape index (κ2) is 4.96. The van der Waals surface area contributed by atoms with Gasteiger partial charge in [0.2, 0.25) is 0 Å². The molecule has 0 radical (unpaired) electrons. The molecule has 0 fully saturated rings. The normalized spacial score (nSPS) is 14.9. The quantitative estimate of drug-likeness (QED) is 0.565. The van der Waals surface area contributed by atoms with Gasteiger partial charge >= 0.3 is 22.2 Å². The minimum absolute atomic E-state index is 0.308. The van der Waals surface area contributed by atoms with Crippen molar-refractivity contribution in [1.82, 2.24) is 20.2 Å². The molecule has 0 aromatic carbocycles. The number of hydrogen-bond donors (Lipinski definition) is 2. The summed E-state index contributed by atoms with van der Waals surface area (Å²) in [5, 5.41) is 2.10. The van der Waals surface area contributed by atoms with Crippen LogP contribution in [0.3, 0.4) is 0 Å². The minimum atomic E-state index is -5.31. The molecule has 0 atom stereocenters. The summed E-state index contributed by atoms with van der Waals surface area (Å²) in [7, 11) is -4.58. The monoisotopic (exact) mass is 312 g/mol. The second-order valence-corrected chi connectivity index (χ2v) is 5.24. The lowest BCUT2D eigenvalue weighted by molar-refractivity contribution is -0.203. The number of rotatable bonds is 3. The van der Waals surface area contributed by atoms with Crippen LogP contribution in [0.25, 0.3) is 0 Å². The lowest BCUT2D eigenvalue weighted by Gasteiger charge is -2.08. The van der Waals surface area contributed by atoms with Gasteiger partial charge in [0.05, 0.1) is 5.69 Å². The Kier molecular flexibility index (Phi) is 3.62. The van der Waals surface area contributed by atoms with Gasteiger partial charge in [0.1, 0.15) is 0 Å². The van der Waals surface area contributed by atoms with E-state index in [0.29, 0.717) is 24.3 Å². The Balaban J connectivity index is 2.13. The predicted molar refractivity (Wildman–Crippen MR) is 55.0 cm³/mol. The maximum Gasteiger partial charge on any atom is 0.492 e. The van der Waals surface area contributed by atoms with Crippen LogP contribution in [0.4, 0.5) is 13.2 Å². The summed E-state index contributed by atoms with van der Waals surface area (Å²) < 4.78 is 58.7. The van der Waals surface area contributed by atoms with Gasteiger partial charge in [-0.25, -0.2) is 23.2 Å². The Morgan fingerprint density at radius 2 is 2.10 bits per heavy atom. The molecule has 2 rings (SSSR count). The largest absolute Gasteiger partial charge is 0.492 e. The first-order valence-electron chi connectivity index (χ1n) is 5.05. The Morgan fingerprint density at radius 1 is 1.40 bits per heavy atom. The van der Waals surface area contributed by atoms with Crippen LogP contribution in [0.15, 0.2) is 11.4 Å². The van der Waals surface area contributed by atoms with Gasteiger partial charge in [-0.05, 0) is 4.89 Å². The average Bonchev–Trinajstić information content (AvgIpc) is 2.81. The molecule has 0 spiro atoms. The average molecular weight is 312 g/mol. The number of halogens is 3. The molecule has 0 saturated carbocycles. The molecule has 1 aliphatic rings. The maximum absolute atomic E-state index is 11.9. The number of alkyl halides is 3. The summed E-state index contributed by atoms with van der Waals surface area (Å²) in [5.74, 6) is -2.69. The molecule has 1 aromatic heterocycles. The van der Waals surface area contributed by atoms with Crippen molar-refractivity contribution in [2.24, 2.45) is 0 Å². The van der Waals surface area contributed by atoms with Gasteiger partial charge in [0.15, 0.2) is 0 Å². The van der Waals surface area contributed by atoms with Gasteiger partial charge in [0.25, 0.3) is 5.16 Å². The number of sulfonamides is 1. The summed E-state index contributed by atoms with van der Waals surface area (Å²) in [4.78, 5) is 22.0. The molecule has 2 N–H and O–H groups in total. The van der Waals surface area contributed by atoms with E-state index in [2.05, 4.69) is 20.1 Å². The molecule has 1 aromatic rings. The van der Waals surface area contributed by atoms with E-state index in [-0.39, 0.29) is 0 Å². The lowest BCUT2D eigenvalue weighted by atomic mass is 10.3. The van der Waals surface area contributed by atoms with Crippen LogP contribution in [0, 0.1) is 0 Å². The number of hydrogen-bond acceptors (Lipinski definition) is 7. The summed E-state index contributed by atoms with van der Waals surface area (Å²) in [6.07, 6.45) is -4.09. The fourth-order valence-electron chi connectivity index (χ4n) is 1.36. The lowest BCUT2D eigenvalue weighted by Crippen LogP contribution is -2.35. The van der Waals surface area contributed by atoms with E-state index in [1.807, 2.05) is 0 Å². The zero-order valence-electron chi connectivity index (χ0n) is 9.56. The topological polar surface area (TPSA) is 110 Å². The molecular formula is C8H7F3N4O4S. The Labute approximate surface area is 110 Å². The van der Waals surface area contributed by atoms with Gasteiger partial charge < -0.3 is 10.2 Å². The SMILES string of the molecule is O=C(ONS(=O)(=O)c1ncc2c(n1)CNC2)C(F)(F)F. The standard InChI is InChI=1S/C8H7F3N4O4S/c9-8(10,11)6(16)19-15-20(17,18)7-13-2-4-1-12-3-5(4)14-7/h2,12,15H,1,3H2. The zero-order chi connectivity index (χ0) is 15.0. The molecule has 0 saturated heterocycles. The van der Waals surface area contributed by atoms with E-state index in [1.54, 1.807) is 0 Å². The van der Waals surface area contributed by atoms with Gasteiger partial charge in [-0.1, -0.05) is 0 Å². The maximum atomic E-state index is 11.9. The molecule has 110 valence electrons. The van der Waals surface area contributed by atoms with Crippen molar-refractivity contribution in [3.63, 3.8) is 0 Å². The van der Waals surface area contributed by atoms with Gasteiger partial charge in [0, 0.05) is 24.8 Å². The minimum Gasteiger partial charge on any atom is -0.348 e. The zero-order valence-corrected chi connectivity index (χ0v) is 10.4. The third kappa shape index (κ3) is 3.02. The first kappa shape index (κ1) is 14.6. The number of aromatic nitrogens is 2. The Bertz CT molecular complexity index is 646. The molecular weight excluding hydrogens is 305 g/mol. The highest BCUT2D eigenvalue weighted by Crippen LogP contribution is 2.17. The number of carbonyl (C=O) groups is 1. The van der Waals surface area contributed by atoms with Crippen LogP contribution in [-0.4, -0.2) is 30.5 Å². The van der Waals surface area contributed by atoms with Crippen LogP contribution in [0.5, 0.6) is 0 Å². The molecule has 8 nitrogen and oxygen atoms in total. The number of nitrogens with zero attached hydrogens (tertiary/aromatic N) is 2. The molecule has 0 amide bonds. The Morgan fingerprint density at radius 3 is 2.75 bits per heavy atom. The summed E-state index contributed by atoms with van der Waals surface area (Å²) in [6.45, 7) is 0.773. The number of carbonyl (C=O) groups excluding carboxylic acids is 1. The molecule has 12 heteroatoms. The van der Waals surface area contributed by atoms with Crippen molar-refractivity contribution >= 4 is 16.0 Å². The van der Waals surface area contributed by atoms with Crippen molar-refractivity contribution < 1.29 is 31.2 Å². The molecule has 2 heterocycles. The molecule has 1 aliphatic heterocycles. The van der Waals surface area contributed by atoms with Crippen molar-refractivity contribution in [2.45, 2.75) is 24.4 Å². The van der Waals surface area contributed by atoms with E-state index in [4.69, 9.17) is 0 Å². The molecule has 0 unspecified atom stereocenters. The van der Waals surface area contributed by atoms with Crippen LogP contribution in [0.2, 0.25) is 0 Å². The van der Waals surface area contributed by atoms with E-state index in [9.17, 15) is 26.4 Å². The first-order valence-corrected chi connectivity index (χ1v) is 6.54. The summed E-state index contributed by atoms with van der Waals surface area (Å²) in [5.41, 5.74) is 1.08. The summed E-state index contributed by atoms with van der Waals surface area (Å²) in [6, 6.07) is 0. The smallest absolute Gasteiger partial charge is 0.348 e. The molecule has 0 aliphatic carbocycles. The fraction of sp³-hybridized carbons (Fsp3) is 0.375. The highest BCUT2D eigenvalue weighted by Gasteiger charge is 2.42. The fourth-order valence-corrected chi connectivity index (χ4v) is 2.04. The predicted octanol–water partition coefficient (Wildman–Crippen LogP) is -0.621. The van der Waals surface area contributed by atoms with Crippen molar-refractivity contribution in [3.05, 3.63) is 17.5 Å². The van der Waals surface area contributed by atoms with E-state index in [0.717, 1.165) is 4.89 Å². The first-order chi connectivity index (χ1) is 9.20. The summed E-state index contributed by atoms with van der Waals surface area (Å²) >= 11 is 0. The van der Waals surface area contributed by atoms with Crippen LogP contribution in [-0.2, 0) is 32.7 Å². The highest BCUT2D eigenvalue weighted by atomic mass is 32.2. The number of fused-ring (bicyclic) bond motifs is 1. The molecule has 0 bridgehead atoms. The third-order valence-electron chi connectivity index (χ3n) is 2.26. The van der Waals surface area contributed by atoms with Crippen molar-refractivity contribution in [2.75, 3.05) is 0 Å². The van der Waals surface area contributed by atoms with Crippen LogP contribution in [0.1, 0.15) is 11.3 Å². The van der Waals surface area contributed by atoms with Gasteiger partial charge in [-0.3, -0.25) is 0 Å². The highest BCUT2D eigenvalue weighted by molar-refractivity contribution is 7.89. The second-order valence-electron chi connectivity index (χ2n) is 3.70. The number of nitrogens with one attached hydrogen (secondary N) is 2. The molecule has 20 heavy (non-hydrogen) atoms. The van der Waals surface area contributed by atoms with Crippen molar-refractivity contribution in [3.8, 4) is 0 Å². The van der Waals surface area contributed by atoms with Crippen molar-refractivity contribution in [1.29, 1.82) is 0 Å². The third-order valence-corrected chi connectivity index (χ3v) is 3.24. The van der Waals surface area contributed by atoms with Crippen LogP contribution >= 0.6 is 0 Å².